The second kappa shape index (κ2) is 14.3. The smallest absolute Gasteiger partial charge is 0.318 e. The molecule has 0 radical (unpaired) electrons. The van der Waals surface area contributed by atoms with Gasteiger partial charge in [-0.15, -0.1) is 0 Å². The molecule has 0 aromatic heterocycles. The van der Waals surface area contributed by atoms with Crippen LogP contribution in [0.2, 0.25) is 0 Å². The Bertz CT molecular complexity index is 506. The fourth-order valence-electron chi connectivity index (χ4n) is 1.68. The Labute approximate surface area is 192 Å². The second-order valence-electron chi connectivity index (χ2n) is 6.49. The molecule has 168 valence electrons. The third-order valence-corrected chi connectivity index (χ3v) is 4.30. The Morgan fingerprint density at radius 1 is 0.690 bits per heavy atom. The van der Waals surface area contributed by atoms with Gasteiger partial charge in [-0.25, -0.2) is 0 Å². The first-order chi connectivity index (χ1) is 13.4. The Kier molecular flexibility index (Phi) is 14.0. The first kappa shape index (κ1) is 28.3. The number of hydrogen-bond donors (Lipinski definition) is 4. The summed E-state index contributed by atoms with van der Waals surface area (Å²) in [6.07, 6.45) is 0.0492. The summed E-state index contributed by atoms with van der Waals surface area (Å²) in [7, 11) is 0. The van der Waals surface area contributed by atoms with Crippen LogP contribution in [0.1, 0.15) is 27.2 Å². The van der Waals surface area contributed by atoms with Crippen LogP contribution < -0.4 is 0 Å². The maximum absolute atomic E-state index is 11.9. The van der Waals surface area contributed by atoms with Gasteiger partial charge in [0.15, 0.2) is 0 Å². The van der Waals surface area contributed by atoms with E-state index in [1.807, 2.05) is 0 Å². The highest BCUT2D eigenvalue weighted by Crippen LogP contribution is 2.23. The van der Waals surface area contributed by atoms with Gasteiger partial charge in [0.25, 0.3) is 0 Å². The van der Waals surface area contributed by atoms with Crippen LogP contribution in [0.25, 0.3) is 0 Å². The summed E-state index contributed by atoms with van der Waals surface area (Å²) in [5, 5.41) is -2.13. The van der Waals surface area contributed by atoms with Crippen molar-refractivity contribution in [1.29, 1.82) is 0 Å². The fraction of sp³-hybridized carbons (Fsp3) is 0.765. The molecule has 0 saturated carbocycles. The quantitative estimate of drug-likeness (QED) is 0.175. The minimum atomic E-state index is -1.32. The van der Waals surface area contributed by atoms with Crippen molar-refractivity contribution in [2.45, 2.75) is 42.9 Å². The molecule has 0 saturated heterocycles. The van der Waals surface area contributed by atoms with E-state index in [9.17, 15) is 19.2 Å². The molecule has 3 unspecified atom stereocenters. The van der Waals surface area contributed by atoms with E-state index in [0.29, 0.717) is 0 Å². The van der Waals surface area contributed by atoms with Crippen molar-refractivity contribution in [3.8, 4) is 0 Å². The maximum Gasteiger partial charge on any atom is 0.318 e. The molecule has 0 aliphatic rings. The van der Waals surface area contributed by atoms with E-state index in [2.05, 4.69) is 50.5 Å². The van der Waals surface area contributed by atoms with Crippen molar-refractivity contribution < 1.29 is 38.1 Å². The Hall–Kier alpha value is -0.720. The molecule has 0 N–H and O–H groups in total. The van der Waals surface area contributed by atoms with Crippen LogP contribution in [0.5, 0.6) is 0 Å². The summed E-state index contributed by atoms with van der Waals surface area (Å²) in [6, 6.07) is 0. The lowest BCUT2D eigenvalue weighted by Crippen LogP contribution is -2.45. The topological polar surface area (TPSA) is 105 Å². The third-order valence-electron chi connectivity index (χ3n) is 3.44. The molecule has 0 aromatic rings. The standard InChI is InChI=1S/C17H28O8S4/c1-10(27)14(19)23-7-17(6-22-13(18)4-5-26,8-24-15(20)11(2)28)9-25-16(21)12(3)29/h10-12,26-29H,4-9H2,1-3H3. The minimum Gasteiger partial charge on any atom is -0.465 e. The molecule has 0 bridgehead atoms. The summed E-state index contributed by atoms with van der Waals surface area (Å²) in [5.74, 6) is -2.19. The van der Waals surface area contributed by atoms with Gasteiger partial charge in [-0.1, -0.05) is 0 Å². The van der Waals surface area contributed by atoms with Gasteiger partial charge in [-0.3, -0.25) is 19.2 Å². The van der Waals surface area contributed by atoms with Crippen LogP contribution in [0.15, 0.2) is 0 Å². The summed E-state index contributed by atoms with van der Waals surface area (Å²) in [6.45, 7) is 3.21. The molecule has 0 heterocycles. The number of ether oxygens (including phenoxy) is 4. The largest absolute Gasteiger partial charge is 0.465 e. The van der Waals surface area contributed by atoms with Gasteiger partial charge in [-0.2, -0.15) is 50.5 Å². The number of esters is 4. The Morgan fingerprint density at radius 2 is 1.00 bits per heavy atom. The molecule has 12 heteroatoms. The van der Waals surface area contributed by atoms with E-state index >= 15 is 0 Å². The highest BCUT2D eigenvalue weighted by Gasteiger charge is 2.38. The molecule has 0 fully saturated rings. The highest BCUT2D eigenvalue weighted by atomic mass is 32.1. The lowest BCUT2D eigenvalue weighted by Gasteiger charge is -2.32. The summed E-state index contributed by atoms with van der Waals surface area (Å²) >= 11 is 16.0. The van der Waals surface area contributed by atoms with Crippen LogP contribution in [0, 0.1) is 5.41 Å². The van der Waals surface area contributed by atoms with Gasteiger partial charge in [0, 0.05) is 5.75 Å². The van der Waals surface area contributed by atoms with Crippen LogP contribution in [-0.4, -0.2) is 71.8 Å². The van der Waals surface area contributed by atoms with Gasteiger partial charge in [-0.05, 0) is 20.8 Å². The molecule has 0 aliphatic carbocycles. The average molecular weight is 489 g/mol. The van der Waals surface area contributed by atoms with Crippen LogP contribution in [0.3, 0.4) is 0 Å². The lowest BCUT2D eigenvalue weighted by atomic mass is 9.92. The van der Waals surface area contributed by atoms with Crippen LogP contribution in [0.4, 0.5) is 0 Å². The summed E-state index contributed by atoms with van der Waals surface area (Å²) in [5.41, 5.74) is -1.32. The van der Waals surface area contributed by atoms with Crippen molar-refractivity contribution in [3.05, 3.63) is 0 Å². The van der Waals surface area contributed by atoms with Crippen molar-refractivity contribution in [1.82, 2.24) is 0 Å². The SMILES string of the molecule is CC(S)C(=O)OCC(COC(=O)CCS)(COC(=O)C(C)S)COC(=O)C(C)S. The number of rotatable bonds is 13. The monoisotopic (exact) mass is 488 g/mol. The first-order valence-corrected chi connectivity index (χ1v) is 10.9. The zero-order valence-electron chi connectivity index (χ0n) is 16.5. The Morgan fingerprint density at radius 3 is 1.28 bits per heavy atom. The predicted molar refractivity (Wildman–Crippen MR) is 120 cm³/mol. The molecule has 3 atom stereocenters. The van der Waals surface area contributed by atoms with Crippen LogP contribution >= 0.6 is 50.5 Å². The van der Waals surface area contributed by atoms with E-state index in [0.717, 1.165) is 0 Å². The molecule has 8 nitrogen and oxygen atoms in total. The molecule has 0 aromatic carbocycles. The summed E-state index contributed by atoms with van der Waals surface area (Å²) in [4.78, 5) is 47.4. The van der Waals surface area contributed by atoms with E-state index in [1.165, 1.54) is 20.8 Å². The van der Waals surface area contributed by atoms with Crippen molar-refractivity contribution in [2.24, 2.45) is 5.41 Å². The predicted octanol–water partition coefficient (Wildman–Crippen LogP) is 1.42. The van der Waals surface area contributed by atoms with E-state index in [-0.39, 0.29) is 38.6 Å². The molecular weight excluding hydrogens is 460 g/mol. The van der Waals surface area contributed by atoms with E-state index in [1.54, 1.807) is 0 Å². The van der Waals surface area contributed by atoms with Gasteiger partial charge in [0.2, 0.25) is 0 Å². The minimum absolute atomic E-state index is 0.0492. The molecular formula is C17H28O8S4. The van der Waals surface area contributed by atoms with Crippen LogP contribution in [-0.2, 0) is 38.1 Å². The Balaban J connectivity index is 5.53. The number of carbonyl (C=O) groups excluding carboxylic acids is 4. The number of carbonyl (C=O) groups is 4. The molecule has 0 aliphatic heterocycles. The molecule has 0 rings (SSSR count). The zero-order valence-corrected chi connectivity index (χ0v) is 20.1. The van der Waals surface area contributed by atoms with Crippen molar-refractivity contribution >= 4 is 74.4 Å². The second-order valence-corrected chi connectivity index (χ2v) is 9.26. The van der Waals surface area contributed by atoms with Gasteiger partial charge in [0.1, 0.15) is 31.8 Å². The lowest BCUT2D eigenvalue weighted by molar-refractivity contribution is -0.169. The zero-order chi connectivity index (χ0) is 22.6. The van der Waals surface area contributed by atoms with Crippen molar-refractivity contribution in [2.75, 3.05) is 32.2 Å². The maximum atomic E-state index is 11.9. The molecule has 0 amide bonds. The van der Waals surface area contributed by atoms with Gasteiger partial charge >= 0.3 is 23.9 Å². The number of hydrogen-bond acceptors (Lipinski definition) is 12. The van der Waals surface area contributed by atoms with Gasteiger partial charge < -0.3 is 18.9 Å². The van der Waals surface area contributed by atoms with E-state index in [4.69, 9.17) is 18.9 Å². The molecule has 29 heavy (non-hydrogen) atoms. The summed E-state index contributed by atoms with van der Waals surface area (Å²) < 4.78 is 20.8. The molecule has 0 spiro atoms. The third kappa shape index (κ3) is 11.9. The number of thiol groups is 4. The fourth-order valence-corrected chi connectivity index (χ4v) is 2.09. The van der Waals surface area contributed by atoms with Gasteiger partial charge in [0.05, 0.1) is 22.2 Å². The van der Waals surface area contributed by atoms with E-state index < -0.39 is 45.0 Å². The van der Waals surface area contributed by atoms with Crippen molar-refractivity contribution in [3.63, 3.8) is 0 Å². The average Bonchev–Trinajstić information content (AvgIpc) is 2.65. The first-order valence-electron chi connectivity index (χ1n) is 8.74. The normalized spacial score (nSPS) is 16.0. The highest BCUT2D eigenvalue weighted by molar-refractivity contribution is 7.82.